The predicted octanol–water partition coefficient (Wildman–Crippen LogP) is 1.04. The lowest BCUT2D eigenvalue weighted by molar-refractivity contribution is 0.0599. The molecule has 118 valence electrons. The number of benzene rings is 1. The third-order valence-electron chi connectivity index (χ3n) is 3.80. The summed E-state index contributed by atoms with van der Waals surface area (Å²) in [5.74, 6) is -0.326. The molecular weight excluding hydrogens is 296 g/mol. The van der Waals surface area contributed by atoms with Crippen molar-refractivity contribution in [3.05, 3.63) is 52.8 Å². The van der Waals surface area contributed by atoms with E-state index >= 15 is 0 Å². The van der Waals surface area contributed by atoms with E-state index in [9.17, 15) is 9.59 Å². The van der Waals surface area contributed by atoms with Gasteiger partial charge in [-0.2, -0.15) is 0 Å². The molecule has 0 bridgehead atoms. The maximum atomic E-state index is 12.6. The van der Waals surface area contributed by atoms with Crippen molar-refractivity contribution in [2.75, 3.05) is 19.4 Å². The minimum absolute atomic E-state index is 0.107. The molecule has 0 unspecified atom stereocenters. The SMILES string of the molecule is COC(=O)c1ccc(C(=O)N2CCc3cnc(N)nc3C2)cc1. The number of nitrogens with two attached hydrogens (primary N) is 1. The zero-order chi connectivity index (χ0) is 16.4. The molecule has 1 amide bonds. The summed E-state index contributed by atoms with van der Waals surface area (Å²) in [4.78, 5) is 33.9. The summed E-state index contributed by atoms with van der Waals surface area (Å²) in [7, 11) is 1.32. The number of methoxy groups -OCH3 is 1. The van der Waals surface area contributed by atoms with Crippen LogP contribution in [0.5, 0.6) is 0 Å². The Morgan fingerprint density at radius 2 is 1.91 bits per heavy atom. The van der Waals surface area contributed by atoms with Gasteiger partial charge < -0.3 is 15.4 Å². The molecule has 7 heteroatoms. The second kappa shape index (κ2) is 6.04. The first-order valence-electron chi connectivity index (χ1n) is 7.16. The summed E-state index contributed by atoms with van der Waals surface area (Å²) >= 11 is 0. The molecular formula is C16H16N4O3. The minimum atomic E-state index is -0.428. The standard InChI is InChI=1S/C16H16N4O3/c1-23-15(22)11-4-2-10(3-5-11)14(21)20-7-6-12-8-18-16(17)19-13(12)9-20/h2-5,8H,6-7,9H2,1H3,(H2,17,18,19). The minimum Gasteiger partial charge on any atom is -0.465 e. The highest BCUT2D eigenvalue weighted by Crippen LogP contribution is 2.19. The van der Waals surface area contributed by atoms with Crippen LogP contribution in [0.4, 0.5) is 5.95 Å². The van der Waals surface area contributed by atoms with Crippen molar-refractivity contribution >= 4 is 17.8 Å². The first-order chi connectivity index (χ1) is 11.1. The smallest absolute Gasteiger partial charge is 0.337 e. The van der Waals surface area contributed by atoms with E-state index in [2.05, 4.69) is 14.7 Å². The fourth-order valence-electron chi connectivity index (χ4n) is 2.54. The van der Waals surface area contributed by atoms with Crippen LogP contribution in [0.15, 0.2) is 30.5 Å². The second-order valence-electron chi connectivity index (χ2n) is 5.25. The Labute approximate surface area is 133 Å². The van der Waals surface area contributed by atoms with Gasteiger partial charge in [0.1, 0.15) is 0 Å². The van der Waals surface area contributed by atoms with Gasteiger partial charge in [-0.3, -0.25) is 4.79 Å². The Morgan fingerprint density at radius 3 is 2.61 bits per heavy atom. The largest absolute Gasteiger partial charge is 0.465 e. The number of rotatable bonds is 2. The number of aromatic nitrogens is 2. The van der Waals surface area contributed by atoms with E-state index in [1.807, 2.05) is 0 Å². The molecule has 0 saturated heterocycles. The van der Waals surface area contributed by atoms with Gasteiger partial charge in [-0.05, 0) is 36.2 Å². The van der Waals surface area contributed by atoms with E-state index in [0.717, 1.165) is 11.3 Å². The van der Waals surface area contributed by atoms with Crippen molar-refractivity contribution in [1.82, 2.24) is 14.9 Å². The highest BCUT2D eigenvalue weighted by Gasteiger charge is 2.23. The molecule has 0 radical (unpaired) electrons. The fraction of sp³-hybridized carbons (Fsp3) is 0.250. The van der Waals surface area contributed by atoms with Crippen LogP contribution in [0.25, 0.3) is 0 Å². The van der Waals surface area contributed by atoms with E-state index in [1.54, 1.807) is 35.4 Å². The molecule has 2 N–H and O–H groups in total. The summed E-state index contributed by atoms with van der Waals surface area (Å²) in [6.45, 7) is 0.998. The summed E-state index contributed by atoms with van der Waals surface area (Å²) < 4.78 is 4.64. The molecule has 0 aliphatic carbocycles. The third-order valence-corrected chi connectivity index (χ3v) is 3.80. The number of amides is 1. The van der Waals surface area contributed by atoms with Crippen molar-refractivity contribution in [2.45, 2.75) is 13.0 Å². The topological polar surface area (TPSA) is 98.4 Å². The second-order valence-corrected chi connectivity index (χ2v) is 5.25. The zero-order valence-corrected chi connectivity index (χ0v) is 12.7. The lowest BCUT2D eigenvalue weighted by atomic mass is 10.0. The van der Waals surface area contributed by atoms with E-state index in [-0.39, 0.29) is 11.9 Å². The van der Waals surface area contributed by atoms with Gasteiger partial charge in [0.05, 0.1) is 24.9 Å². The molecule has 7 nitrogen and oxygen atoms in total. The maximum Gasteiger partial charge on any atom is 0.337 e. The van der Waals surface area contributed by atoms with Gasteiger partial charge in [0.25, 0.3) is 5.91 Å². The molecule has 2 aromatic rings. The predicted molar refractivity (Wildman–Crippen MR) is 82.7 cm³/mol. The lowest BCUT2D eigenvalue weighted by Crippen LogP contribution is -2.36. The summed E-state index contributed by atoms with van der Waals surface area (Å²) in [5.41, 5.74) is 8.33. The number of ether oxygens (including phenoxy) is 1. The number of carbonyl (C=O) groups excluding carboxylic acids is 2. The number of esters is 1. The summed E-state index contributed by atoms with van der Waals surface area (Å²) in [6.07, 6.45) is 2.41. The number of anilines is 1. The highest BCUT2D eigenvalue weighted by atomic mass is 16.5. The Balaban J connectivity index is 1.77. The number of hydrogen-bond acceptors (Lipinski definition) is 6. The van der Waals surface area contributed by atoms with Gasteiger partial charge in [-0.1, -0.05) is 0 Å². The van der Waals surface area contributed by atoms with Gasteiger partial charge >= 0.3 is 5.97 Å². The Kier molecular flexibility index (Phi) is 3.92. The number of fused-ring (bicyclic) bond motifs is 1. The molecule has 2 heterocycles. The first-order valence-corrected chi connectivity index (χ1v) is 7.16. The van der Waals surface area contributed by atoms with Crippen LogP contribution in [0.2, 0.25) is 0 Å². The van der Waals surface area contributed by atoms with Gasteiger partial charge in [0.15, 0.2) is 0 Å². The van der Waals surface area contributed by atoms with E-state index in [0.29, 0.717) is 30.6 Å². The van der Waals surface area contributed by atoms with Crippen molar-refractivity contribution < 1.29 is 14.3 Å². The van der Waals surface area contributed by atoms with E-state index in [1.165, 1.54) is 7.11 Å². The first kappa shape index (κ1) is 15.0. The normalized spacial score (nSPS) is 13.3. The molecule has 0 saturated carbocycles. The van der Waals surface area contributed by atoms with Gasteiger partial charge in [-0.25, -0.2) is 14.8 Å². The average molecular weight is 312 g/mol. The zero-order valence-electron chi connectivity index (χ0n) is 12.7. The van der Waals surface area contributed by atoms with E-state index < -0.39 is 5.97 Å². The molecule has 1 aromatic carbocycles. The molecule has 0 spiro atoms. The number of nitrogen functional groups attached to an aromatic ring is 1. The molecule has 1 aliphatic heterocycles. The van der Waals surface area contributed by atoms with E-state index in [4.69, 9.17) is 5.73 Å². The molecule has 0 atom stereocenters. The fourth-order valence-corrected chi connectivity index (χ4v) is 2.54. The summed E-state index contributed by atoms with van der Waals surface area (Å²) in [5, 5.41) is 0. The Bertz CT molecular complexity index is 758. The van der Waals surface area contributed by atoms with Crippen LogP contribution in [0.3, 0.4) is 0 Å². The number of carbonyl (C=O) groups is 2. The van der Waals surface area contributed by atoms with Crippen molar-refractivity contribution in [1.29, 1.82) is 0 Å². The van der Waals surface area contributed by atoms with Gasteiger partial charge in [0, 0.05) is 18.3 Å². The molecule has 1 aromatic heterocycles. The van der Waals surface area contributed by atoms with Gasteiger partial charge in [0.2, 0.25) is 5.95 Å². The lowest BCUT2D eigenvalue weighted by Gasteiger charge is -2.28. The molecule has 1 aliphatic rings. The van der Waals surface area contributed by atoms with Gasteiger partial charge in [-0.15, -0.1) is 0 Å². The molecule has 3 rings (SSSR count). The molecule has 0 fully saturated rings. The van der Waals surface area contributed by atoms with Crippen molar-refractivity contribution in [3.63, 3.8) is 0 Å². The van der Waals surface area contributed by atoms with Crippen LogP contribution in [0.1, 0.15) is 32.0 Å². The van der Waals surface area contributed by atoms with Crippen molar-refractivity contribution in [2.24, 2.45) is 0 Å². The van der Waals surface area contributed by atoms with Crippen LogP contribution < -0.4 is 5.73 Å². The number of hydrogen-bond donors (Lipinski definition) is 1. The Hall–Kier alpha value is -2.96. The third kappa shape index (κ3) is 2.98. The van der Waals surface area contributed by atoms with Crippen LogP contribution in [-0.4, -0.2) is 40.4 Å². The van der Waals surface area contributed by atoms with Crippen LogP contribution in [-0.2, 0) is 17.7 Å². The summed E-state index contributed by atoms with van der Waals surface area (Å²) in [6, 6.07) is 6.41. The maximum absolute atomic E-state index is 12.6. The van der Waals surface area contributed by atoms with Crippen LogP contribution in [0, 0.1) is 0 Å². The quantitative estimate of drug-likeness (QED) is 0.832. The highest BCUT2D eigenvalue weighted by molar-refractivity contribution is 5.96. The Morgan fingerprint density at radius 1 is 1.22 bits per heavy atom. The number of nitrogens with zero attached hydrogens (tertiary/aromatic N) is 3. The average Bonchev–Trinajstić information content (AvgIpc) is 2.59. The van der Waals surface area contributed by atoms with Crippen LogP contribution >= 0.6 is 0 Å². The monoisotopic (exact) mass is 312 g/mol. The molecule has 23 heavy (non-hydrogen) atoms. The van der Waals surface area contributed by atoms with Crippen molar-refractivity contribution in [3.8, 4) is 0 Å².